The Labute approximate surface area is 108 Å². The minimum Gasteiger partial charge on any atom is -0.381 e. The summed E-state index contributed by atoms with van der Waals surface area (Å²) in [6, 6.07) is 13.0. The maximum Gasteiger partial charge on any atom is 0.0618 e. The zero-order chi connectivity index (χ0) is 12.5. The van der Waals surface area contributed by atoms with Gasteiger partial charge in [-0.25, -0.2) is 0 Å². The van der Waals surface area contributed by atoms with Crippen LogP contribution in [0.1, 0.15) is 23.5 Å². The molecule has 2 atom stereocenters. The SMILES string of the molecule is COC1Cc2ccc3ccccc3c2C(CN)C1. The summed E-state index contributed by atoms with van der Waals surface area (Å²) in [5.74, 6) is 0.421. The molecule has 0 heterocycles. The first kappa shape index (κ1) is 11.7. The highest BCUT2D eigenvalue weighted by Gasteiger charge is 2.27. The van der Waals surface area contributed by atoms with E-state index in [4.69, 9.17) is 10.5 Å². The van der Waals surface area contributed by atoms with Gasteiger partial charge >= 0.3 is 0 Å². The lowest BCUT2D eigenvalue weighted by atomic mass is 9.78. The van der Waals surface area contributed by atoms with Gasteiger partial charge in [-0.1, -0.05) is 36.4 Å². The molecular formula is C16H19NO. The van der Waals surface area contributed by atoms with E-state index in [2.05, 4.69) is 36.4 Å². The zero-order valence-corrected chi connectivity index (χ0v) is 10.7. The predicted octanol–water partition coefficient (Wildman–Crippen LogP) is 2.84. The maximum atomic E-state index is 5.97. The van der Waals surface area contributed by atoms with Crippen LogP contribution in [0.5, 0.6) is 0 Å². The molecule has 0 amide bonds. The topological polar surface area (TPSA) is 35.2 Å². The number of hydrogen-bond acceptors (Lipinski definition) is 2. The molecule has 0 aromatic heterocycles. The highest BCUT2D eigenvalue weighted by Crippen LogP contribution is 2.37. The van der Waals surface area contributed by atoms with Crippen LogP contribution in [-0.4, -0.2) is 19.8 Å². The quantitative estimate of drug-likeness (QED) is 0.877. The van der Waals surface area contributed by atoms with Crippen molar-refractivity contribution in [2.45, 2.75) is 24.9 Å². The highest BCUT2D eigenvalue weighted by atomic mass is 16.5. The molecule has 2 heteroatoms. The first-order valence-electron chi connectivity index (χ1n) is 6.57. The summed E-state index contributed by atoms with van der Waals surface area (Å²) in [6.07, 6.45) is 2.36. The zero-order valence-electron chi connectivity index (χ0n) is 10.7. The Balaban J connectivity index is 2.19. The van der Waals surface area contributed by atoms with Crippen molar-refractivity contribution in [1.82, 2.24) is 0 Å². The monoisotopic (exact) mass is 241 g/mol. The first-order chi connectivity index (χ1) is 8.83. The van der Waals surface area contributed by atoms with Crippen molar-refractivity contribution in [2.24, 2.45) is 5.73 Å². The van der Waals surface area contributed by atoms with E-state index in [9.17, 15) is 0 Å². The second kappa shape index (κ2) is 4.71. The molecule has 1 aliphatic carbocycles. The molecule has 2 nitrogen and oxygen atoms in total. The van der Waals surface area contributed by atoms with E-state index in [1.54, 1.807) is 7.11 Å². The number of methoxy groups -OCH3 is 1. The summed E-state index contributed by atoms with van der Waals surface area (Å²) in [5.41, 5.74) is 8.82. The molecule has 0 radical (unpaired) electrons. The number of fused-ring (bicyclic) bond motifs is 3. The lowest BCUT2D eigenvalue weighted by molar-refractivity contribution is 0.0839. The van der Waals surface area contributed by atoms with Gasteiger partial charge in [0.15, 0.2) is 0 Å². The van der Waals surface area contributed by atoms with E-state index in [1.165, 1.54) is 21.9 Å². The Morgan fingerprint density at radius 2 is 2.06 bits per heavy atom. The third kappa shape index (κ3) is 1.82. The van der Waals surface area contributed by atoms with Crippen molar-refractivity contribution in [3.63, 3.8) is 0 Å². The Morgan fingerprint density at radius 3 is 2.83 bits per heavy atom. The molecular weight excluding hydrogens is 222 g/mol. The number of nitrogens with two attached hydrogens (primary N) is 1. The normalized spacial score (nSPS) is 23.0. The Kier molecular flexibility index (Phi) is 3.06. The summed E-state index contributed by atoms with van der Waals surface area (Å²) in [4.78, 5) is 0. The molecule has 94 valence electrons. The fourth-order valence-electron chi connectivity index (χ4n) is 3.16. The van der Waals surface area contributed by atoms with Crippen LogP contribution >= 0.6 is 0 Å². The summed E-state index contributed by atoms with van der Waals surface area (Å²) >= 11 is 0. The molecule has 1 aliphatic rings. The van der Waals surface area contributed by atoms with Crippen LogP contribution in [-0.2, 0) is 11.2 Å². The van der Waals surface area contributed by atoms with Crippen molar-refractivity contribution in [1.29, 1.82) is 0 Å². The number of ether oxygens (including phenoxy) is 1. The minimum atomic E-state index is 0.312. The van der Waals surface area contributed by atoms with Crippen molar-refractivity contribution >= 4 is 10.8 Å². The minimum absolute atomic E-state index is 0.312. The third-order valence-corrected chi connectivity index (χ3v) is 4.08. The van der Waals surface area contributed by atoms with Gasteiger partial charge in [0.1, 0.15) is 0 Å². The summed E-state index contributed by atoms with van der Waals surface area (Å²) in [7, 11) is 1.80. The van der Waals surface area contributed by atoms with Crippen LogP contribution in [0.25, 0.3) is 10.8 Å². The van der Waals surface area contributed by atoms with Gasteiger partial charge in [-0.3, -0.25) is 0 Å². The number of rotatable bonds is 2. The van der Waals surface area contributed by atoms with Crippen LogP contribution in [0.2, 0.25) is 0 Å². The van der Waals surface area contributed by atoms with Crippen LogP contribution < -0.4 is 5.73 Å². The lowest BCUT2D eigenvalue weighted by Crippen LogP contribution is -2.28. The molecule has 2 unspecified atom stereocenters. The second-order valence-corrected chi connectivity index (χ2v) is 5.09. The van der Waals surface area contributed by atoms with Gasteiger partial charge in [-0.2, -0.15) is 0 Å². The molecule has 0 bridgehead atoms. The van der Waals surface area contributed by atoms with Crippen LogP contribution in [0.15, 0.2) is 36.4 Å². The van der Waals surface area contributed by atoms with Crippen LogP contribution in [0, 0.1) is 0 Å². The number of benzene rings is 2. The van der Waals surface area contributed by atoms with Crippen LogP contribution in [0.4, 0.5) is 0 Å². The van der Waals surface area contributed by atoms with Gasteiger partial charge in [0.2, 0.25) is 0 Å². The van der Waals surface area contributed by atoms with Gasteiger partial charge in [0, 0.05) is 7.11 Å². The molecule has 0 saturated heterocycles. The highest BCUT2D eigenvalue weighted by molar-refractivity contribution is 5.87. The largest absolute Gasteiger partial charge is 0.381 e. The summed E-state index contributed by atoms with van der Waals surface area (Å²) < 4.78 is 5.54. The smallest absolute Gasteiger partial charge is 0.0618 e. The second-order valence-electron chi connectivity index (χ2n) is 5.09. The molecule has 0 fully saturated rings. The van der Waals surface area contributed by atoms with Crippen molar-refractivity contribution < 1.29 is 4.74 Å². The first-order valence-corrected chi connectivity index (χ1v) is 6.57. The van der Waals surface area contributed by atoms with Crippen molar-refractivity contribution in [2.75, 3.05) is 13.7 Å². The van der Waals surface area contributed by atoms with Crippen molar-refractivity contribution in [3.8, 4) is 0 Å². The fourth-order valence-corrected chi connectivity index (χ4v) is 3.16. The van der Waals surface area contributed by atoms with Gasteiger partial charge in [-0.15, -0.1) is 0 Å². The lowest BCUT2D eigenvalue weighted by Gasteiger charge is -2.31. The molecule has 2 N–H and O–H groups in total. The average Bonchev–Trinajstić information content (AvgIpc) is 2.45. The molecule has 3 rings (SSSR count). The van der Waals surface area contributed by atoms with Gasteiger partial charge < -0.3 is 10.5 Å². The maximum absolute atomic E-state index is 5.97. The fraction of sp³-hybridized carbons (Fsp3) is 0.375. The average molecular weight is 241 g/mol. The van der Waals surface area contributed by atoms with E-state index in [1.807, 2.05) is 0 Å². The predicted molar refractivity (Wildman–Crippen MR) is 74.9 cm³/mol. The van der Waals surface area contributed by atoms with Gasteiger partial charge in [0.25, 0.3) is 0 Å². The van der Waals surface area contributed by atoms with E-state index >= 15 is 0 Å². The van der Waals surface area contributed by atoms with Gasteiger partial charge in [0.05, 0.1) is 6.10 Å². The van der Waals surface area contributed by atoms with Crippen molar-refractivity contribution in [3.05, 3.63) is 47.5 Å². The van der Waals surface area contributed by atoms with Crippen LogP contribution in [0.3, 0.4) is 0 Å². The Morgan fingerprint density at radius 1 is 1.22 bits per heavy atom. The molecule has 0 aliphatic heterocycles. The molecule has 0 saturated carbocycles. The standard InChI is InChI=1S/C16H19NO/c1-18-14-8-12-7-6-11-4-2-3-5-15(11)16(12)13(9-14)10-17/h2-7,13-14H,8-10,17H2,1H3. The molecule has 0 spiro atoms. The summed E-state index contributed by atoms with van der Waals surface area (Å²) in [6.45, 7) is 0.695. The summed E-state index contributed by atoms with van der Waals surface area (Å²) in [5, 5.41) is 2.67. The Bertz CT molecular complexity index is 564. The molecule has 2 aromatic carbocycles. The third-order valence-electron chi connectivity index (χ3n) is 4.08. The Hall–Kier alpha value is -1.38. The van der Waals surface area contributed by atoms with E-state index in [0.29, 0.717) is 18.6 Å². The van der Waals surface area contributed by atoms with E-state index in [0.717, 1.165) is 12.8 Å². The number of hydrogen-bond donors (Lipinski definition) is 1. The van der Waals surface area contributed by atoms with E-state index < -0.39 is 0 Å². The van der Waals surface area contributed by atoms with E-state index in [-0.39, 0.29) is 0 Å². The van der Waals surface area contributed by atoms with Gasteiger partial charge in [-0.05, 0) is 47.2 Å². The molecule has 2 aromatic rings. The molecule has 18 heavy (non-hydrogen) atoms.